The minimum Gasteiger partial charge on any atom is -0.481 e. The Labute approximate surface area is 125 Å². The van der Waals surface area contributed by atoms with Crippen LogP contribution in [0.25, 0.3) is 0 Å². The third-order valence-corrected chi connectivity index (χ3v) is 4.87. The number of thioether (sulfide) groups is 1. The van der Waals surface area contributed by atoms with Crippen molar-refractivity contribution in [3.63, 3.8) is 0 Å². The van der Waals surface area contributed by atoms with Gasteiger partial charge in [0, 0.05) is 17.7 Å². The number of carbonyl (C=O) groups excluding carboxylic acids is 1. The lowest BCUT2D eigenvalue weighted by Crippen LogP contribution is -2.28. The van der Waals surface area contributed by atoms with Crippen molar-refractivity contribution in [1.82, 2.24) is 4.90 Å². The molecule has 19 heavy (non-hydrogen) atoms. The molecule has 4 nitrogen and oxygen atoms in total. The Morgan fingerprint density at radius 1 is 1.53 bits per heavy atom. The van der Waals surface area contributed by atoms with Crippen LogP contribution in [0, 0.1) is 5.92 Å². The topological polar surface area (TPSA) is 57.6 Å². The molecule has 0 bridgehead atoms. The number of carboxylic acid groups (broad SMARTS) is 1. The molecule has 0 radical (unpaired) electrons. The molecule has 0 fully saturated rings. The second-order valence-electron chi connectivity index (χ2n) is 4.21. The molecule has 0 saturated carbocycles. The van der Waals surface area contributed by atoms with E-state index in [0.717, 1.165) is 4.88 Å². The van der Waals surface area contributed by atoms with Gasteiger partial charge in [-0.05, 0) is 12.1 Å². The summed E-state index contributed by atoms with van der Waals surface area (Å²) in [5.41, 5.74) is 0. The van der Waals surface area contributed by atoms with Gasteiger partial charge in [0.15, 0.2) is 0 Å². The van der Waals surface area contributed by atoms with Crippen LogP contribution in [0.2, 0.25) is 4.34 Å². The number of rotatable bonds is 7. The van der Waals surface area contributed by atoms with E-state index in [2.05, 4.69) is 0 Å². The third-order valence-electron chi connectivity index (χ3n) is 2.46. The molecule has 1 aromatic rings. The van der Waals surface area contributed by atoms with Crippen LogP contribution in [-0.4, -0.2) is 40.4 Å². The lowest BCUT2D eigenvalue weighted by molar-refractivity contribution is -0.140. The van der Waals surface area contributed by atoms with Crippen molar-refractivity contribution in [3.8, 4) is 0 Å². The fourth-order valence-electron chi connectivity index (χ4n) is 1.26. The predicted molar refractivity (Wildman–Crippen MR) is 79.9 cm³/mol. The number of carboxylic acids is 1. The Bertz CT molecular complexity index is 450. The molecule has 1 aromatic heterocycles. The molecule has 0 saturated heterocycles. The lowest BCUT2D eigenvalue weighted by atomic mass is 10.2. The van der Waals surface area contributed by atoms with Crippen LogP contribution in [0.5, 0.6) is 0 Å². The molecule has 1 amide bonds. The van der Waals surface area contributed by atoms with Crippen LogP contribution >= 0.6 is 34.7 Å². The van der Waals surface area contributed by atoms with Gasteiger partial charge in [-0.2, -0.15) is 11.8 Å². The summed E-state index contributed by atoms with van der Waals surface area (Å²) in [6.45, 7) is 2.17. The number of thiophene rings is 1. The molecule has 7 heteroatoms. The summed E-state index contributed by atoms with van der Waals surface area (Å²) in [4.78, 5) is 25.1. The highest BCUT2D eigenvalue weighted by Gasteiger charge is 2.14. The van der Waals surface area contributed by atoms with E-state index in [4.69, 9.17) is 16.7 Å². The lowest BCUT2D eigenvalue weighted by Gasteiger charge is -2.16. The fraction of sp³-hybridized carbons (Fsp3) is 0.500. The van der Waals surface area contributed by atoms with Gasteiger partial charge in [0.1, 0.15) is 0 Å². The van der Waals surface area contributed by atoms with Gasteiger partial charge in [0.2, 0.25) is 5.91 Å². The van der Waals surface area contributed by atoms with Crippen molar-refractivity contribution in [2.45, 2.75) is 13.5 Å². The quantitative estimate of drug-likeness (QED) is 0.839. The normalized spacial score (nSPS) is 12.2. The van der Waals surface area contributed by atoms with Crippen molar-refractivity contribution < 1.29 is 14.7 Å². The molecule has 1 rings (SSSR count). The Morgan fingerprint density at radius 3 is 2.74 bits per heavy atom. The Morgan fingerprint density at radius 2 is 2.21 bits per heavy atom. The maximum atomic E-state index is 11.8. The molecule has 0 spiro atoms. The minimum atomic E-state index is -0.832. The largest absolute Gasteiger partial charge is 0.481 e. The number of hydrogen-bond acceptors (Lipinski definition) is 4. The number of hydrogen-bond donors (Lipinski definition) is 1. The number of amides is 1. The van der Waals surface area contributed by atoms with Crippen LogP contribution in [0.1, 0.15) is 11.8 Å². The fourth-order valence-corrected chi connectivity index (χ4v) is 3.41. The second kappa shape index (κ2) is 7.77. The summed E-state index contributed by atoms with van der Waals surface area (Å²) in [5.74, 6) is -0.527. The van der Waals surface area contributed by atoms with Gasteiger partial charge in [0.05, 0.1) is 22.6 Å². The van der Waals surface area contributed by atoms with Crippen molar-refractivity contribution in [2.24, 2.45) is 5.92 Å². The van der Waals surface area contributed by atoms with Gasteiger partial charge in [-0.1, -0.05) is 18.5 Å². The average Bonchev–Trinajstić information content (AvgIpc) is 2.74. The monoisotopic (exact) mass is 321 g/mol. The maximum Gasteiger partial charge on any atom is 0.307 e. The number of nitrogens with zero attached hydrogens (tertiary/aromatic N) is 1. The van der Waals surface area contributed by atoms with E-state index >= 15 is 0 Å². The van der Waals surface area contributed by atoms with Gasteiger partial charge in [0.25, 0.3) is 0 Å². The van der Waals surface area contributed by atoms with E-state index in [0.29, 0.717) is 22.4 Å². The van der Waals surface area contributed by atoms with Crippen molar-refractivity contribution in [2.75, 3.05) is 18.6 Å². The van der Waals surface area contributed by atoms with E-state index in [-0.39, 0.29) is 5.91 Å². The van der Waals surface area contributed by atoms with Gasteiger partial charge >= 0.3 is 5.97 Å². The first-order chi connectivity index (χ1) is 8.90. The Balaban J connectivity index is 2.31. The van der Waals surface area contributed by atoms with E-state index in [1.165, 1.54) is 23.1 Å². The number of halogens is 1. The Kier molecular flexibility index (Phi) is 6.68. The zero-order chi connectivity index (χ0) is 14.4. The van der Waals surface area contributed by atoms with Gasteiger partial charge in [-0.3, -0.25) is 9.59 Å². The first kappa shape index (κ1) is 16.3. The van der Waals surface area contributed by atoms with Crippen LogP contribution in [0.3, 0.4) is 0 Å². The molecule has 0 aliphatic carbocycles. The van der Waals surface area contributed by atoms with Crippen molar-refractivity contribution in [3.05, 3.63) is 21.3 Å². The highest BCUT2D eigenvalue weighted by atomic mass is 35.5. The van der Waals surface area contributed by atoms with Crippen LogP contribution in [-0.2, 0) is 16.1 Å². The molecule has 1 N–H and O–H groups in total. The first-order valence-electron chi connectivity index (χ1n) is 5.69. The van der Waals surface area contributed by atoms with Crippen molar-refractivity contribution in [1.29, 1.82) is 0 Å². The molecular formula is C12H16ClNO3S2. The average molecular weight is 322 g/mol. The summed E-state index contributed by atoms with van der Waals surface area (Å²) >= 11 is 8.63. The molecule has 0 aromatic carbocycles. The smallest absolute Gasteiger partial charge is 0.307 e. The summed E-state index contributed by atoms with van der Waals surface area (Å²) in [7, 11) is 1.73. The highest BCUT2D eigenvalue weighted by molar-refractivity contribution is 7.99. The summed E-state index contributed by atoms with van der Waals surface area (Å²) < 4.78 is 0.709. The van der Waals surface area contributed by atoms with Gasteiger partial charge in [-0.15, -0.1) is 11.3 Å². The van der Waals surface area contributed by atoms with Crippen LogP contribution < -0.4 is 0 Å². The summed E-state index contributed by atoms with van der Waals surface area (Å²) in [6.07, 6.45) is 0. The van der Waals surface area contributed by atoms with E-state index in [1.54, 1.807) is 18.9 Å². The standard InChI is InChI=1S/C12H16ClNO3S2/c1-8(12(16)17)6-18-7-11(15)14(2)5-9-3-4-10(13)19-9/h3-4,8H,5-7H2,1-2H3,(H,16,17). The molecule has 0 aliphatic heterocycles. The first-order valence-corrected chi connectivity index (χ1v) is 8.03. The van der Waals surface area contributed by atoms with E-state index < -0.39 is 11.9 Å². The SMILES string of the molecule is CC(CSCC(=O)N(C)Cc1ccc(Cl)s1)C(=O)O. The van der Waals surface area contributed by atoms with Gasteiger partial charge in [-0.25, -0.2) is 0 Å². The molecule has 1 heterocycles. The molecule has 1 atom stereocenters. The summed E-state index contributed by atoms with van der Waals surface area (Å²) in [5, 5.41) is 8.73. The number of carbonyl (C=O) groups is 2. The Hall–Kier alpha value is -0.720. The zero-order valence-corrected chi connectivity index (χ0v) is 13.1. The van der Waals surface area contributed by atoms with E-state index in [1.807, 2.05) is 12.1 Å². The maximum absolute atomic E-state index is 11.8. The van der Waals surface area contributed by atoms with Crippen molar-refractivity contribution >= 4 is 46.6 Å². The van der Waals surface area contributed by atoms with Crippen LogP contribution in [0.15, 0.2) is 12.1 Å². The molecular weight excluding hydrogens is 306 g/mol. The molecule has 106 valence electrons. The molecule has 0 aliphatic rings. The van der Waals surface area contributed by atoms with E-state index in [9.17, 15) is 9.59 Å². The third kappa shape index (κ3) is 5.84. The highest BCUT2D eigenvalue weighted by Crippen LogP contribution is 2.22. The summed E-state index contributed by atoms with van der Waals surface area (Å²) in [6, 6.07) is 3.71. The molecule has 1 unspecified atom stereocenters. The van der Waals surface area contributed by atoms with Crippen LogP contribution in [0.4, 0.5) is 0 Å². The zero-order valence-electron chi connectivity index (χ0n) is 10.8. The number of aliphatic carboxylic acids is 1. The minimum absolute atomic E-state index is 0.00730. The van der Waals surface area contributed by atoms with Gasteiger partial charge < -0.3 is 10.0 Å². The second-order valence-corrected chi connectivity index (χ2v) is 7.04. The predicted octanol–water partition coefficient (Wildman–Crippen LogP) is 2.81.